The molecule has 0 bridgehead atoms. The molecule has 1 heterocycles. The van der Waals surface area contributed by atoms with Gasteiger partial charge in [0, 0.05) is 23.0 Å². The Bertz CT molecular complexity index is 517. The topological polar surface area (TPSA) is 31.4 Å². The summed E-state index contributed by atoms with van der Waals surface area (Å²) in [5.74, 6) is 2.57. The van der Waals surface area contributed by atoms with Gasteiger partial charge in [0.2, 0.25) is 0 Å². The summed E-state index contributed by atoms with van der Waals surface area (Å²) in [7, 11) is 3.30. The zero-order valence-electron chi connectivity index (χ0n) is 11.1. The number of methoxy groups -OCH3 is 2. The first-order valence-corrected chi connectivity index (χ1v) is 7.06. The van der Waals surface area contributed by atoms with Crippen LogP contribution in [0.25, 0.3) is 0 Å². The molecule has 0 N–H and O–H groups in total. The molecule has 0 saturated heterocycles. The molecule has 0 atom stereocenters. The Hall–Kier alpha value is -1.68. The first kappa shape index (κ1) is 13.7. The molecule has 1 aromatic heterocycles. The third-order valence-electron chi connectivity index (χ3n) is 2.76. The molecular formula is C15H17NO2S. The van der Waals surface area contributed by atoms with Gasteiger partial charge >= 0.3 is 0 Å². The highest BCUT2D eigenvalue weighted by Gasteiger charge is 2.04. The van der Waals surface area contributed by atoms with Gasteiger partial charge in [-0.05, 0) is 42.3 Å². The van der Waals surface area contributed by atoms with Gasteiger partial charge in [0.25, 0.3) is 0 Å². The van der Waals surface area contributed by atoms with E-state index in [4.69, 9.17) is 9.47 Å². The van der Waals surface area contributed by atoms with Gasteiger partial charge in [-0.3, -0.25) is 4.98 Å². The van der Waals surface area contributed by atoms with E-state index in [1.165, 1.54) is 10.5 Å². The van der Waals surface area contributed by atoms with E-state index in [1.54, 1.807) is 14.2 Å². The van der Waals surface area contributed by atoms with Crippen LogP contribution in [0, 0.1) is 0 Å². The highest BCUT2D eigenvalue weighted by Crippen LogP contribution is 2.31. The zero-order chi connectivity index (χ0) is 13.5. The van der Waals surface area contributed by atoms with Crippen molar-refractivity contribution in [1.29, 1.82) is 0 Å². The number of thioether (sulfide) groups is 1. The second-order valence-electron chi connectivity index (χ2n) is 3.97. The Morgan fingerprint density at radius 3 is 2.42 bits per heavy atom. The summed E-state index contributed by atoms with van der Waals surface area (Å²) in [4.78, 5) is 5.20. The Labute approximate surface area is 118 Å². The van der Waals surface area contributed by atoms with Crippen molar-refractivity contribution in [3.63, 3.8) is 0 Å². The minimum absolute atomic E-state index is 0.765. The van der Waals surface area contributed by atoms with Crippen molar-refractivity contribution in [2.75, 3.05) is 20.0 Å². The monoisotopic (exact) mass is 275 g/mol. The second kappa shape index (κ2) is 7.04. The van der Waals surface area contributed by atoms with Crippen LogP contribution in [-0.4, -0.2) is 25.0 Å². The van der Waals surface area contributed by atoms with Crippen molar-refractivity contribution in [1.82, 2.24) is 4.98 Å². The molecular weight excluding hydrogens is 258 g/mol. The lowest BCUT2D eigenvalue weighted by Gasteiger charge is -2.09. The smallest absolute Gasteiger partial charge is 0.161 e. The molecule has 0 fully saturated rings. The number of hydrogen-bond donors (Lipinski definition) is 0. The summed E-state index contributed by atoms with van der Waals surface area (Å²) in [6.45, 7) is 0. The van der Waals surface area contributed by atoms with Crippen LogP contribution < -0.4 is 9.47 Å². The van der Waals surface area contributed by atoms with E-state index in [0.29, 0.717) is 0 Å². The maximum atomic E-state index is 5.29. The van der Waals surface area contributed by atoms with Gasteiger partial charge in [-0.2, -0.15) is 0 Å². The number of ether oxygens (including phenoxy) is 2. The van der Waals surface area contributed by atoms with Gasteiger partial charge in [-0.15, -0.1) is 11.8 Å². The average Bonchev–Trinajstić information content (AvgIpc) is 2.48. The molecule has 0 aliphatic carbocycles. The number of benzene rings is 1. The maximum absolute atomic E-state index is 5.29. The Balaban J connectivity index is 1.93. The van der Waals surface area contributed by atoms with Crippen molar-refractivity contribution < 1.29 is 9.47 Å². The van der Waals surface area contributed by atoms with E-state index in [1.807, 2.05) is 36.3 Å². The summed E-state index contributed by atoms with van der Waals surface area (Å²) in [5.41, 5.74) is 1.31. The summed E-state index contributed by atoms with van der Waals surface area (Å²) >= 11 is 1.81. The fraction of sp³-hybridized carbons (Fsp3) is 0.267. The molecule has 3 nitrogen and oxygen atoms in total. The largest absolute Gasteiger partial charge is 0.493 e. The molecule has 0 saturated carbocycles. The highest BCUT2D eigenvalue weighted by molar-refractivity contribution is 7.99. The lowest BCUT2D eigenvalue weighted by molar-refractivity contribution is 0.354. The normalized spacial score (nSPS) is 10.2. The van der Waals surface area contributed by atoms with Crippen LogP contribution in [0.3, 0.4) is 0 Å². The van der Waals surface area contributed by atoms with E-state index in [9.17, 15) is 0 Å². The Kier molecular flexibility index (Phi) is 5.10. The molecule has 100 valence electrons. The molecule has 0 spiro atoms. The minimum Gasteiger partial charge on any atom is -0.493 e. The van der Waals surface area contributed by atoms with Crippen LogP contribution in [0.4, 0.5) is 0 Å². The highest BCUT2D eigenvalue weighted by atomic mass is 32.2. The SMILES string of the molecule is COc1ccc(SCCc2ccncc2)cc1OC. The molecule has 0 amide bonds. The van der Waals surface area contributed by atoms with Gasteiger partial charge in [-0.25, -0.2) is 0 Å². The maximum Gasteiger partial charge on any atom is 0.161 e. The zero-order valence-corrected chi connectivity index (χ0v) is 11.9. The minimum atomic E-state index is 0.765. The van der Waals surface area contributed by atoms with Crippen LogP contribution in [0.15, 0.2) is 47.6 Å². The third kappa shape index (κ3) is 3.89. The van der Waals surface area contributed by atoms with Crippen LogP contribution in [0.5, 0.6) is 11.5 Å². The molecule has 4 heteroatoms. The van der Waals surface area contributed by atoms with E-state index in [2.05, 4.69) is 23.2 Å². The molecule has 0 unspecified atom stereocenters. The van der Waals surface area contributed by atoms with E-state index < -0.39 is 0 Å². The predicted molar refractivity (Wildman–Crippen MR) is 78.2 cm³/mol. The van der Waals surface area contributed by atoms with E-state index in [0.717, 1.165) is 23.7 Å². The number of aromatic nitrogens is 1. The average molecular weight is 275 g/mol. The van der Waals surface area contributed by atoms with E-state index in [-0.39, 0.29) is 0 Å². The lowest BCUT2D eigenvalue weighted by Crippen LogP contribution is -1.91. The van der Waals surface area contributed by atoms with Crippen molar-refractivity contribution in [2.24, 2.45) is 0 Å². The second-order valence-corrected chi connectivity index (χ2v) is 5.14. The first-order valence-electron chi connectivity index (χ1n) is 6.07. The summed E-state index contributed by atoms with van der Waals surface area (Å²) in [6.07, 6.45) is 4.69. The number of aryl methyl sites for hydroxylation is 1. The molecule has 0 aliphatic rings. The summed E-state index contributed by atoms with van der Waals surface area (Å²) < 4.78 is 10.5. The molecule has 2 rings (SSSR count). The summed E-state index contributed by atoms with van der Waals surface area (Å²) in [5, 5.41) is 0. The van der Waals surface area contributed by atoms with Crippen LogP contribution in [0.1, 0.15) is 5.56 Å². The molecule has 19 heavy (non-hydrogen) atoms. The Morgan fingerprint density at radius 2 is 1.74 bits per heavy atom. The van der Waals surface area contributed by atoms with Gasteiger partial charge in [0.15, 0.2) is 11.5 Å². The summed E-state index contributed by atoms with van der Waals surface area (Å²) in [6, 6.07) is 10.1. The van der Waals surface area contributed by atoms with Crippen LogP contribution in [-0.2, 0) is 6.42 Å². The number of pyridine rings is 1. The molecule has 0 aliphatic heterocycles. The van der Waals surface area contributed by atoms with Crippen molar-refractivity contribution >= 4 is 11.8 Å². The molecule has 2 aromatic rings. The van der Waals surface area contributed by atoms with Gasteiger partial charge in [0.05, 0.1) is 14.2 Å². The van der Waals surface area contributed by atoms with Gasteiger partial charge in [-0.1, -0.05) is 0 Å². The fourth-order valence-corrected chi connectivity index (χ4v) is 2.67. The fourth-order valence-electron chi connectivity index (χ4n) is 1.74. The van der Waals surface area contributed by atoms with Crippen LogP contribution in [0.2, 0.25) is 0 Å². The number of rotatable bonds is 6. The first-order chi connectivity index (χ1) is 9.33. The van der Waals surface area contributed by atoms with Crippen molar-refractivity contribution in [3.8, 4) is 11.5 Å². The number of hydrogen-bond acceptors (Lipinski definition) is 4. The standard InChI is InChI=1S/C15H17NO2S/c1-17-14-4-3-13(11-15(14)18-2)19-10-7-12-5-8-16-9-6-12/h3-6,8-9,11H,7,10H2,1-2H3. The lowest BCUT2D eigenvalue weighted by atomic mass is 10.2. The number of nitrogens with zero attached hydrogens (tertiary/aromatic N) is 1. The molecule has 1 aromatic carbocycles. The van der Waals surface area contributed by atoms with Crippen LogP contribution >= 0.6 is 11.8 Å². The van der Waals surface area contributed by atoms with Gasteiger partial charge < -0.3 is 9.47 Å². The van der Waals surface area contributed by atoms with E-state index >= 15 is 0 Å². The predicted octanol–water partition coefficient (Wildman–Crippen LogP) is 3.43. The van der Waals surface area contributed by atoms with Gasteiger partial charge in [0.1, 0.15) is 0 Å². The molecule has 0 radical (unpaired) electrons. The quantitative estimate of drug-likeness (QED) is 0.756. The third-order valence-corrected chi connectivity index (χ3v) is 3.76. The van der Waals surface area contributed by atoms with Crippen molar-refractivity contribution in [3.05, 3.63) is 48.3 Å². The Morgan fingerprint density at radius 1 is 1.00 bits per heavy atom. The van der Waals surface area contributed by atoms with Crippen molar-refractivity contribution in [2.45, 2.75) is 11.3 Å².